The first-order valence-corrected chi connectivity index (χ1v) is 10.6. The molecule has 0 N–H and O–H groups in total. The summed E-state index contributed by atoms with van der Waals surface area (Å²) in [5.74, 6) is 0.483. The van der Waals surface area contributed by atoms with Gasteiger partial charge in [0.05, 0.1) is 11.9 Å². The van der Waals surface area contributed by atoms with Crippen molar-refractivity contribution in [2.45, 2.75) is 25.3 Å². The van der Waals surface area contributed by atoms with Crippen LogP contribution in [0, 0.1) is 0 Å². The molecule has 0 bridgehead atoms. The highest BCUT2D eigenvalue weighted by atomic mass is 79.9. The van der Waals surface area contributed by atoms with Gasteiger partial charge in [0.25, 0.3) is 5.91 Å². The van der Waals surface area contributed by atoms with Crippen LogP contribution in [-0.4, -0.2) is 15.5 Å². The zero-order chi connectivity index (χ0) is 20.8. The molecular weight excluding hydrogens is 473 g/mol. The van der Waals surface area contributed by atoms with E-state index in [1.54, 1.807) is 29.3 Å². The number of carbonyl (C=O) groups excluding carboxylic acids is 1. The molecule has 1 atom stereocenters. The van der Waals surface area contributed by atoms with Gasteiger partial charge in [0.2, 0.25) is 5.95 Å². The third kappa shape index (κ3) is 3.52. The average molecular weight is 491 g/mol. The Labute approximate surface area is 187 Å². The molecule has 3 aromatic rings. The molecule has 0 saturated carbocycles. The predicted octanol–water partition coefficient (Wildman–Crippen LogP) is 6.32. The van der Waals surface area contributed by atoms with Crippen LogP contribution >= 0.6 is 39.1 Å². The van der Waals surface area contributed by atoms with Crippen molar-refractivity contribution in [3.05, 3.63) is 87.1 Å². The van der Waals surface area contributed by atoms with Crippen molar-refractivity contribution >= 4 is 56.7 Å². The number of fused-ring (bicyclic) bond motifs is 1. The molecule has 1 amide bonds. The van der Waals surface area contributed by atoms with E-state index in [1.807, 2.05) is 41.8 Å². The maximum Gasteiger partial charge on any atom is 0.260 e. The first-order chi connectivity index (χ1) is 13.8. The molecule has 2 heterocycles. The summed E-state index contributed by atoms with van der Waals surface area (Å²) < 4.78 is 3.00. The number of carbonyl (C=O) groups is 1. The number of imidazole rings is 1. The van der Waals surface area contributed by atoms with E-state index < -0.39 is 5.54 Å². The van der Waals surface area contributed by atoms with Gasteiger partial charge in [0.1, 0.15) is 5.54 Å². The van der Waals surface area contributed by atoms with Gasteiger partial charge in [-0.2, -0.15) is 0 Å². The topological polar surface area (TPSA) is 38.1 Å². The fourth-order valence-corrected chi connectivity index (χ4v) is 4.63. The Balaban J connectivity index is 1.86. The van der Waals surface area contributed by atoms with Crippen LogP contribution in [-0.2, 0) is 23.2 Å². The molecule has 1 aliphatic rings. The number of halogens is 3. The van der Waals surface area contributed by atoms with Crippen LogP contribution in [0.2, 0.25) is 10.0 Å². The van der Waals surface area contributed by atoms with E-state index in [0.29, 0.717) is 34.5 Å². The highest BCUT2D eigenvalue weighted by molar-refractivity contribution is 9.10. The summed E-state index contributed by atoms with van der Waals surface area (Å²) >= 11 is 15.9. The highest BCUT2D eigenvalue weighted by Crippen LogP contribution is 2.43. The highest BCUT2D eigenvalue weighted by Gasteiger charge is 2.50. The zero-order valence-electron chi connectivity index (χ0n) is 15.7. The van der Waals surface area contributed by atoms with Crippen molar-refractivity contribution in [3.8, 4) is 0 Å². The molecule has 0 spiro atoms. The fraction of sp³-hybridized carbons (Fsp3) is 0.182. The van der Waals surface area contributed by atoms with Crippen LogP contribution in [0.3, 0.4) is 0 Å². The van der Waals surface area contributed by atoms with Crippen LogP contribution in [0.4, 0.5) is 11.6 Å². The SMILES string of the molecule is C=CCc1cnc2n1C(C)(Cc1ccc(Br)cc1)C(=O)N2c1cc(Cl)cc(Cl)c1. The van der Waals surface area contributed by atoms with Crippen molar-refractivity contribution in [2.24, 2.45) is 0 Å². The monoisotopic (exact) mass is 489 g/mol. The van der Waals surface area contributed by atoms with E-state index in [1.165, 1.54) is 0 Å². The second-order valence-electron chi connectivity index (χ2n) is 7.22. The Bertz CT molecular complexity index is 1090. The number of hydrogen-bond donors (Lipinski definition) is 0. The lowest BCUT2D eigenvalue weighted by Crippen LogP contribution is -2.41. The van der Waals surface area contributed by atoms with Gasteiger partial charge in [-0.1, -0.05) is 57.3 Å². The molecule has 29 heavy (non-hydrogen) atoms. The van der Waals surface area contributed by atoms with Gasteiger partial charge >= 0.3 is 0 Å². The molecule has 1 unspecified atom stereocenters. The maximum absolute atomic E-state index is 13.7. The summed E-state index contributed by atoms with van der Waals surface area (Å²) in [4.78, 5) is 19.9. The van der Waals surface area contributed by atoms with Crippen LogP contribution in [0.25, 0.3) is 0 Å². The second-order valence-corrected chi connectivity index (χ2v) is 9.01. The summed E-state index contributed by atoms with van der Waals surface area (Å²) in [6, 6.07) is 13.1. The number of rotatable bonds is 5. The summed E-state index contributed by atoms with van der Waals surface area (Å²) in [6.45, 7) is 5.79. The van der Waals surface area contributed by atoms with Gasteiger partial charge in [0.15, 0.2) is 0 Å². The largest absolute Gasteiger partial charge is 0.298 e. The van der Waals surface area contributed by atoms with E-state index in [-0.39, 0.29) is 5.91 Å². The number of allylic oxidation sites excluding steroid dienone is 1. The maximum atomic E-state index is 13.7. The number of anilines is 2. The molecular formula is C22H18BrCl2N3O. The minimum atomic E-state index is -0.840. The molecule has 148 valence electrons. The quantitative estimate of drug-likeness (QED) is 0.392. The number of amides is 1. The Morgan fingerprint density at radius 3 is 2.45 bits per heavy atom. The summed E-state index contributed by atoms with van der Waals surface area (Å²) in [7, 11) is 0. The molecule has 2 aromatic carbocycles. The van der Waals surface area contributed by atoms with Gasteiger partial charge in [0, 0.05) is 33.1 Å². The molecule has 7 heteroatoms. The molecule has 1 aliphatic heterocycles. The van der Waals surface area contributed by atoms with Crippen LogP contribution in [0.15, 0.2) is 65.8 Å². The van der Waals surface area contributed by atoms with Crippen molar-refractivity contribution in [3.63, 3.8) is 0 Å². The molecule has 4 rings (SSSR count). The van der Waals surface area contributed by atoms with Crippen molar-refractivity contribution in [2.75, 3.05) is 4.90 Å². The number of hydrogen-bond acceptors (Lipinski definition) is 2. The minimum absolute atomic E-state index is 0.0767. The number of aromatic nitrogens is 2. The first kappa shape index (κ1) is 20.2. The van der Waals surface area contributed by atoms with Gasteiger partial charge < -0.3 is 0 Å². The molecule has 0 radical (unpaired) electrons. The third-order valence-corrected chi connectivity index (χ3v) is 6.06. The van der Waals surface area contributed by atoms with E-state index in [2.05, 4.69) is 27.5 Å². The molecule has 4 nitrogen and oxygen atoms in total. The average Bonchev–Trinajstić information content (AvgIpc) is 3.15. The lowest BCUT2D eigenvalue weighted by atomic mass is 9.91. The molecule has 0 aliphatic carbocycles. The Morgan fingerprint density at radius 2 is 1.83 bits per heavy atom. The summed E-state index contributed by atoms with van der Waals surface area (Å²) in [5, 5.41) is 0.928. The van der Waals surface area contributed by atoms with Gasteiger partial charge in [-0.15, -0.1) is 6.58 Å². The smallest absolute Gasteiger partial charge is 0.260 e. The van der Waals surface area contributed by atoms with Gasteiger partial charge in [-0.3, -0.25) is 9.36 Å². The number of benzene rings is 2. The van der Waals surface area contributed by atoms with Gasteiger partial charge in [-0.25, -0.2) is 9.88 Å². The second kappa shape index (κ2) is 7.63. The van der Waals surface area contributed by atoms with E-state index >= 15 is 0 Å². The molecule has 0 fully saturated rings. The predicted molar refractivity (Wildman–Crippen MR) is 121 cm³/mol. The number of nitrogens with zero attached hydrogens (tertiary/aromatic N) is 3. The van der Waals surface area contributed by atoms with Crippen molar-refractivity contribution < 1.29 is 4.79 Å². The van der Waals surface area contributed by atoms with Crippen molar-refractivity contribution in [1.82, 2.24) is 9.55 Å². The Morgan fingerprint density at radius 1 is 1.17 bits per heavy atom. The minimum Gasteiger partial charge on any atom is -0.298 e. The first-order valence-electron chi connectivity index (χ1n) is 9.06. The van der Waals surface area contributed by atoms with Crippen molar-refractivity contribution in [1.29, 1.82) is 0 Å². The third-order valence-electron chi connectivity index (χ3n) is 5.09. The summed E-state index contributed by atoms with van der Waals surface area (Å²) in [5.41, 5.74) is 1.74. The van der Waals surface area contributed by atoms with Crippen LogP contribution in [0.5, 0.6) is 0 Å². The lowest BCUT2D eigenvalue weighted by molar-refractivity contribution is -0.124. The molecule has 1 aromatic heterocycles. The van der Waals surface area contributed by atoms with Gasteiger partial charge in [-0.05, 0) is 42.8 Å². The normalized spacial score (nSPS) is 18.2. The Kier molecular flexibility index (Phi) is 5.32. The standard InChI is InChI=1S/C22H18BrCl2N3O/c1-3-4-18-13-26-21-27(19-10-16(24)9-17(25)11-19)20(29)22(2,28(18)21)12-14-5-7-15(23)8-6-14/h3,5-11,13H,1,4,12H2,2H3. The lowest BCUT2D eigenvalue weighted by Gasteiger charge is -2.26. The fourth-order valence-electron chi connectivity index (χ4n) is 3.85. The van der Waals surface area contributed by atoms with Crippen LogP contribution in [0.1, 0.15) is 18.2 Å². The van der Waals surface area contributed by atoms with E-state index in [0.717, 1.165) is 15.7 Å². The van der Waals surface area contributed by atoms with E-state index in [9.17, 15) is 4.79 Å². The Hall–Kier alpha value is -2.08. The summed E-state index contributed by atoms with van der Waals surface area (Å²) in [6.07, 6.45) is 4.74. The van der Waals surface area contributed by atoms with Crippen LogP contribution < -0.4 is 4.90 Å². The van der Waals surface area contributed by atoms with E-state index in [4.69, 9.17) is 23.2 Å². The zero-order valence-corrected chi connectivity index (χ0v) is 18.8. The molecule has 0 saturated heterocycles.